The van der Waals surface area contributed by atoms with E-state index in [4.69, 9.17) is 0 Å². The number of hydrogen-bond donors (Lipinski definition) is 2. The van der Waals surface area contributed by atoms with Gasteiger partial charge >= 0.3 is 0 Å². The second kappa shape index (κ2) is 6.80. The highest BCUT2D eigenvalue weighted by Crippen LogP contribution is 2.25. The Balaban J connectivity index is 1.98. The van der Waals surface area contributed by atoms with Crippen molar-refractivity contribution in [2.75, 3.05) is 20.1 Å². The molecule has 1 aromatic carbocycles. The minimum absolute atomic E-state index is 0.0441. The highest BCUT2D eigenvalue weighted by atomic mass is 16.3. The molecule has 2 rings (SSSR count). The number of amides is 1. The van der Waals surface area contributed by atoms with Gasteiger partial charge in [-0.05, 0) is 63.9 Å². The number of rotatable bonds is 4. The number of aliphatic hydroxyl groups is 1. The quantitative estimate of drug-likeness (QED) is 0.897. The zero-order chi connectivity index (χ0) is 16.3. The van der Waals surface area contributed by atoms with Crippen molar-refractivity contribution in [2.45, 2.75) is 51.7 Å². The molecule has 22 heavy (non-hydrogen) atoms. The molecule has 0 aromatic heterocycles. The summed E-state index contributed by atoms with van der Waals surface area (Å²) in [7, 11) is 1.99. The molecule has 122 valence electrons. The van der Waals surface area contributed by atoms with E-state index in [2.05, 4.69) is 36.2 Å². The van der Waals surface area contributed by atoms with Gasteiger partial charge in [0.15, 0.2) is 0 Å². The molecule has 0 spiro atoms. The molecule has 2 unspecified atom stereocenters. The van der Waals surface area contributed by atoms with Crippen LogP contribution in [0.4, 0.5) is 0 Å². The SMILES string of the molecule is Cc1cccc(C(C)NC(=O)CC2(O)CCCN(C)C2)c1C. The van der Waals surface area contributed by atoms with E-state index in [9.17, 15) is 9.90 Å². The van der Waals surface area contributed by atoms with Crippen LogP contribution in [0.1, 0.15) is 48.9 Å². The van der Waals surface area contributed by atoms with Crippen molar-refractivity contribution in [3.63, 3.8) is 0 Å². The summed E-state index contributed by atoms with van der Waals surface area (Å²) in [6, 6.07) is 6.10. The number of nitrogens with one attached hydrogen (secondary N) is 1. The molecule has 4 heteroatoms. The third kappa shape index (κ3) is 4.08. The van der Waals surface area contributed by atoms with Crippen molar-refractivity contribution in [1.29, 1.82) is 0 Å². The topological polar surface area (TPSA) is 52.6 Å². The van der Waals surface area contributed by atoms with Crippen molar-refractivity contribution in [3.8, 4) is 0 Å². The summed E-state index contributed by atoms with van der Waals surface area (Å²) in [5, 5.41) is 13.6. The van der Waals surface area contributed by atoms with Crippen molar-refractivity contribution in [2.24, 2.45) is 0 Å². The van der Waals surface area contributed by atoms with Crippen molar-refractivity contribution in [1.82, 2.24) is 10.2 Å². The first kappa shape index (κ1) is 17.0. The van der Waals surface area contributed by atoms with Crippen molar-refractivity contribution >= 4 is 5.91 Å². The summed E-state index contributed by atoms with van der Waals surface area (Å²) in [6.07, 6.45) is 1.81. The molecule has 1 fully saturated rings. The van der Waals surface area contributed by atoms with Gasteiger partial charge in [0.25, 0.3) is 0 Å². The molecule has 1 aliphatic rings. The van der Waals surface area contributed by atoms with Gasteiger partial charge in [0.2, 0.25) is 5.91 Å². The third-order valence-corrected chi connectivity index (χ3v) is 4.73. The number of carbonyl (C=O) groups is 1. The number of hydrogen-bond acceptors (Lipinski definition) is 3. The fraction of sp³-hybridized carbons (Fsp3) is 0.611. The number of likely N-dealkylation sites (tertiary alicyclic amines) is 1. The van der Waals surface area contributed by atoms with Crippen LogP contribution in [0.5, 0.6) is 0 Å². The summed E-state index contributed by atoms with van der Waals surface area (Å²) in [6.45, 7) is 7.71. The Kier molecular flexibility index (Phi) is 5.24. The molecule has 4 nitrogen and oxygen atoms in total. The smallest absolute Gasteiger partial charge is 0.223 e. The fourth-order valence-electron chi connectivity index (χ4n) is 3.39. The van der Waals surface area contributed by atoms with E-state index < -0.39 is 5.60 Å². The summed E-state index contributed by atoms with van der Waals surface area (Å²) >= 11 is 0. The lowest BCUT2D eigenvalue weighted by Crippen LogP contribution is -2.49. The largest absolute Gasteiger partial charge is 0.388 e. The van der Waals surface area contributed by atoms with Crippen LogP contribution in [-0.4, -0.2) is 41.7 Å². The second-order valence-electron chi connectivity index (χ2n) is 6.82. The van der Waals surface area contributed by atoms with E-state index >= 15 is 0 Å². The molecule has 1 amide bonds. The molecular formula is C18H28N2O2. The normalized spacial score (nSPS) is 24.0. The number of β-amino-alcohol motifs (C(OH)–C–C–N with tert-alkyl or cyclic N) is 1. The van der Waals surface area contributed by atoms with Crippen LogP contribution in [0.3, 0.4) is 0 Å². The third-order valence-electron chi connectivity index (χ3n) is 4.73. The predicted octanol–water partition coefficient (Wildman–Crippen LogP) is 2.33. The highest BCUT2D eigenvalue weighted by molar-refractivity contribution is 5.77. The summed E-state index contributed by atoms with van der Waals surface area (Å²) < 4.78 is 0. The van der Waals surface area contributed by atoms with Gasteiger partial charge < -0.3 is 15.3 Å². The van der Waals surface area contributed by atoms with Gasteiger partial charge in [0.1, 0.15) is 0 Å². The molecule has 2 atom stereocenters. The van der Waals surface area contributed by atoms with Gasteiger partial charge in [-0.25, -0.2) is 0 Å². The Morgan fingerprint density at radius 3 is 2.86 bits per heavy atom. The predicted molar refractivity (Wildman–Crippen MR) is 88.8 cm³/mol. The monoisotopic (exact) mass is 304 g/mol. The van der Waals surface area contributed by atoms with Crippen LogP contribution < -0.4 is 5.32 Å². The first-order chi connectivity index (χ1) is 10.3. The van der Waals surface area contributed by atoms with E-state index in [1.165, 1.54) is 11.1 Å². The Hall–Kier alpha value is -1.39. The lowest BCUT2D eigenvalue weighted by atomic mass is 9.89. The van der Waals surface area contributed by atoms with Crippen LogP contribution in [0.2, 0.25) is 0 Å². The molecular weight excluding hydrogens is 276 g/mol. The van der Waals surface area contributed by atoms with Gasteiger partial charge in [0.05, 0.1) is 18.1 Å². The van der Waals surface area contributed by atoms with Crippen LogP contribution in [-0.2, 0) is 4.79 Å². The van der Waals surface area contributed by atoms with Crippen LogP contribution >= 0.6 is 0 Å². The molecule has 1 saturated heterocycles. The van der Waals surface area contributed by atoms with Crippen LogP contribution in [0, 0.1) is 13.8 Å². The molecule has 2 N–H and O–H groups in total. The van der Waals surface area contributed by atoms with Crippen molar-refractivity contribution in [3.05, 3.63) is 34.9 Å². The molecule has 0 bridgehead atoms. The van der Waals surface area contributed by atoms with Crippen LogP contribution in [0.15, 0.2) is 18.2 Å². The first-order valence-corrected chi connectivity index (χ1v) is 8.07. The Bertz CT molecular complexity index is 544. The van der Waals surface area contributed by atoms with Gasteiger partial charge in [0, 0.05) is 6.54 Å². The number of likely N-dealkylation sites (N-methyl/N-ethyl adjacent to an activating group) is 1. The van der Waals surface area contributed by atoms with E-state index in [-0.39, 0.29) is 18.4 Å². The standard InChI is InChI=1S/C18H28N2O2/c1-13-7-5-8-16(14(13)2)15(3)19-17(21)11-18(22)9-6-10-20(4)12-18/h5,7-8,15,22H,6,9-12H2,1-4H3,(H,19,21). The van der Waals surface area contributed by atoms with Gasteiger partial charge in [-0.15, -0.1) is 0 Å². The maximum atomic E-state index is 12.3. The molecule has 1 heterocycles. The molecule has 0 aliphatic carbocycles. The average molecular weight is 304 g/mol. The maximum Gasteiger partial charge on any atom is 0.223 e. The lowest BCUT2D eigenvalue weighted by Gasteiger charge is -2.37. The zero-order valence-corrected chi connectivity index (χ0v) is 14.1. The van der Waals surface area contributed by atoms with Gasteiger partial charge in [-0.2, -0.15) is 0 Å². The Morgan fingerprint density at radius 2 is 2.18 bits per heavy atom. The number of nitrogens with zero attached hydrogens (tertiary/aromatic N) is 1. The van der Waals surface area contributed by atoms with Crippen LogP contribution in [0.25, 0.3) is 0 Å². The van der Waals surface area contributed by atoms with E-state index in [1.54, 1.807) is 0 Å². The van der Waals surface area contributed by atoms with E-state index in [1.807, 2.05) is 20.0 Å². The minimum Gasteiger partial charge on any atom is -0.388 e. The number of aryl methyl sites for hydroxylation is 1. The van der Waals surface area contributed by atoms with Crippen molar-refractivity contribution < 1.29 is 9.90 Å². The zero-order valence-electron chi connectivity index (χ0n) is 14.1. The lowest BCUT2D eigenvalue weighted by molar-refractivity contribution is -0.129. The molecule has 0 saturated carbocycles. The summed E-state index contributed by atoms with van der Waals surface area (Å²) in [5.74, 6) is -0.0776. The fourth-order valence-corrected chi connectivity index (χ4v) is 3.39. The average Bonchev–Trinajstić information content (AvgIpc) is 2.40. The number of piperidine rings is 1. The summed E-state index contributed by atoms with van der Waals surface area (Å²) in [4.78, 5) is 14.4. The van der Waals surface area contributed by atoms with Gasteiger partial charge in [-0.1, -0.05) is 18.2 Å². The molecule has 1 aromatic rings. The van der Waals surface area contributed by atoms with E-state index in [0.717, 1.165) is 18.5 Å². The summed E-state index contributed by atoms with van der Waals surface area (Å²) in [5.41, 5.74) is 2.69. The van der Waals surface area contributed by atoms with Gasteiger partial charge in [-0.3, -0.25) is 4.79 Å². The second-order valence-corrected chi connectivity index (χ2v) is 6.82. The Labute approximate surface area is 133 Å². The maximum absolute atomic E-state index is 12.3. The van der Waals surface area contributed by atoms with E-state index in [0.29, 0.717) is 13.0 Å². The molecule has 0 radical (unpaired) electrons. The minimum atomic E-state index is -0.890. The molecule has 1 aliphatic heterocycles. The highest BCUT2D eigenvalue weighted by Gasteiger charge is 2.34. The Morgan fingerprint density at radius 1 is 1.45 bits per heavy atom. The number of carbonyl (C=O) groups excluding carboxylic acids is 1. The number of benzene rings is 1. The first-order valence-electron chi connectivity index (χ1n) is 8.07.